The lowest BCUT2D eigenvalue weighted by molar-refractivity contribution is -0.116. The van der Waals surface area contributed by atoms with Crippen LogP contribution in [0.1, 0.15) is 37.1 Å². The minimum Gasteiger partial charge on any atom is -0.273 e. The van der Waals surface area contributed by atoms with Crippen molar-refractivity contribution in [1.82, 2.24) is 9.78 Å². The fraction of sp³-hybridized carbons (Fsp3) is 0.571. The SMILES string of the molecule is Cc1nn(C)c(C)c1N(C(=O)CC1=CCCC1)S(C)(=O)=O. The van der Waals surface area contributed by atoms with Crippen molar-refractivity contribution < 1.29 is 13.2 Å². The minimum absolute atomic E-state index is 0.154. The summed E-state index contributed by atoms with van der Waals surface area (Å²) < 4.78 is 26.7. The number of carbonyl (C=O) groups excluding carboxylic acids is 1. The van der Waals surface area contributed by atoms with E-state index in [1.807, 2.05) is 6.08 Å². The smallest absolute Gasteiger partial charge is 0.244 e. The van der Waals surface area contributed by atoms with Crippen LogP contribution in [-0.2, 0) is 21.9 Å². The highest BCUT2D eigenvalue weighted by atomic mass is 32.2. The number of hydrogen-bond acceptors (Lipinski definition) is 4. The van der Waals surface area contributed by atoms with Gasteiger partial charge in [0.05, 0.1) is 17.6 Å². The van der Waals surface area contributed by atoms with E-state index in [1.165, 1.54) is 0 Å². The molecule has 116 valence electrons. The number of sulfonamides is 1. The highest BCUT2D eigenvalue weighted by Crippen LogP contribution is 2.29. The van der Waals surface area contributed by atoms with Crippen molar-refractivity contribution in [3.63, 3.8) is 0 Å². The van der Waals surface area contributed by atoms with Crippen molar-refractivity contribution >= 4 is 21.6 Å². The average Bonchev–Trinajstić information content (AvgIpc) is 2.92. The van der Waals surface area contributed by atoms with Crippen LogP contribution in [0.3, 0.4) is 0 Å². The monoisotopic (exact) mass is 311 g/mol. The van der Waals surface area contributed by atoms with Gasteiger partial charge in [0, 0.05) is 13.5 Å². The molecule has 1 heterocycles. The molecule has 7 heteroatoms. The van der Waals surface area contributed by atoms with Crippen LogP contribution < -0.4 is 4.31 Å². The van der Waals surface area contributed by atoms with E-state index in [0.29, 0.717) is 17.1 Å². The Morgan fingerprint density at radius 2 is 2.10 bits per heavy atom. The Kier molecular flexibility index (Phi) is 4.22. The normalized spacial score (nSPS) is 15.1. The van der Waals surface area contributed by atoms with Gasteiger partial charge in [0.15, 0.2) is 0 Å². The Morgan fingerprint density at radius 3 is 2.52 bits per heavy atom. The van der Waals surface area contributed by atoms with Crippen LogP contribution in [0.15, 0.2) is 11.6 Å². The van der Waals surface area contributed by atoms with Crippen molar-refractivity contribution in [1.29, 1.82) is 0 Å². The molecule has 0 radical (unpaired) electrons. The maximum Gasteiger partial charge on any atom is 0.244 e. The van der Waals surface area contributed by atoms with Crippen LogP contribution in [0.2, 0.25) is 0 Å². The molecule has 0 aromatic carbocycles. The lowest BCUT2D eigenvalue weighted by atomic mass is 10.1. The Labute approximate surface area is 125 Å². The molecule has 0 fully saturated rings. The number of aromatic nitrogens is 2. The molecule has 2 rings (SSSR count). The van der Waals surface area contributed by atoms with Crippen LogP contribution >= 0.6 is 0 Å². The maximum atomic E-state index is 12.5. The first kappa shape index (κ1) is 15.8. The molecular formula is C14H21N3O3S. The number of aryl methyl sites for hydroxylation is 2. The van der Waals surface area contributed by atoms with E-state index in [4.69, 9.17) is 0 Å². The van der Waals surface area contributed by atoms with Gasteiger partial charge >= 0.3 is 0 Å². The fourth-order valence-electron chi connectivity index (χ4n) is 2.70. The number of anilines is 1. The molecule has 0 N–H and O–H groups in total. The number of nitrogens with zero attached hydrogens (tertiary/aromatic N) is 3. The third kappa shape index (κ3) is 3.18. The maximum absolute atomic E-state index is 12.5. The van der Waals surface area contributed by atoms with Gasteiger partial charge in [-0.05, 0) is 33.1 Å². The largest absolute Gasteiger partial charge is 0.273 e. The predicted molar refractivity (Wildman–Crippen MR) is 81.6 cm³/mol. The van der Waals surface area contributed by atoms with Gasteiger partial charge in [-0.1, -0.05) is 11.6 Å². The first-order valence-electron chi connectivity index (χ1n) is 6.93. The van der Waals surface area contributed by atoms with Gasteiger partial charge in [0.2, 0.25) is 15.9 Å². The zero-order valence-corrected chi connectivity index (χ0v) is 13.7. The lowest BCUT2D eigenvalue weighted by Crippen LogP contribution is -2.37. The van der Waals surface area contributed by atoms with Gasteiger partial charge in [0.25, 0.3) is 0 Å². The van der Waals surface area contributed by atoms with Gasteiger partial charge in [-0.2, -0.15) is 5.10 Å². The van der Waals surface area contributed by atoms with Crippen LogP contribution in [0.5, 0.6) is 0 Å². The highest BCUT2D eigenvalue weighted by molar-refractivity contribution is 7.92. The second kappa shape index (κ2) is 5.63. The van der Waals surface area contributed by atoms with Crippen molar-refractivity contribution in [3.8, 4) is 0 Å². The van der Waals surface area contributed by atoms with Gasteiger partial charge in [-0.15, -0.1) is 0 Å². The third-order valence-electron chi connectivity index (χ3n) is 3.75. The van der Waals surface area contributed by atoms with Crippen LogP contribution in [-0.4, -0.2) is 30.4 Å². The summed E-state index contributed by atoms with van der Waals surface area (Å²) in [6.07, 6.45) is 6.11. The van der Waals surface area contributed by atoms with Crippen LogP contribution in [0.25, 0.3) is 0 Å². The van der Waals surface area contributed by atoms with Gasteiger partial charge in [-0.25, -0.2) is 12.7 Å². The Balaban J connectivity index is 2.42. The van der Waals surface area contributed by atoms with Gasteiger partial charge in [-0.3, -0.25) is 9.48 Å². The lowest BCUT2D eigenvalue weighted by Gasteiger charge is -2.21. The highest BCUT2D eigenvalue weighted by Gasteiger charge is 2.31. The molecule has 0 unspecified atom stereocenters. The molecule has 0 saturated carbocycles. The summed E-state index contributed by atoms with van der Waals surface area (Å²) in [5.74, 6) is -0.412. The summed E-state index contributed by atoms with van der Waals surface area (Å²) in [7, 11) is -1.95. The second-order valence-electron chi connectivity index (χ2n) is 5.50. The summed E-state index contributed by atoms with van der Waals surface area (Å²) in [5, 5.41) is 4.20. The molecule has 1 aromatic rings. The van der Waals surface area contributed by atoms with E-state index in [9.17, 15) is 13.2 Å². The van der Waals surface area contributed by atoms with Gasteiger partial charge in [0.1, 0.15) is 5.69 Å². The Bertz CT molecular complexity index is 701. The molecule has 0 aliphatic heterocycles. The quantitative estimate of drug-likeness (QED) is 0.795. The van der Waals surface area contributed by atoms with Crippen molar-refractivity contribution in [2.45, 2.75) is 39.5 Å². The Morgan fingerprint density at radius 1 is 1.43 bits per heavy atom. The van der Waals surface area contributed by atoms with Crippen molar-refractivity contribution in [2.24, 2.45) is 7.05 Å². The number of rotatable bonds is 4. The van der Waals surface area contributed by atoms with E-state index in [2.05, 4.69) is 5.10 Å². The summed E-state index contributed by atoms with van der Waals surface area (Å²) in [4.78, 5) is 12.5. The fourth-order valence-corrected chi connectivity index (χ4v) is 3.73. The predicted octanol–water partition coefficient (Wildman–Crippen LogP) is 1.83. The molecule has 1 aromatic heterocycles. The average molecular weight is 311 g/mol. The van der Waals surface area contributed by atoms with Crippen molar-refractivity contribution in [3.05, 3.63) is 23.0 Å². The number of amides is 1. The van der Waals surface area contributed by atoms with Gasteiger partial charge < -0.3 is 0 Å². The number of hydrogen-bond donors (Lipinski definition) is 0. The van der Waals surface area contributed by atoms with E-state index in [-0.39, 0.29) is 6.42 Å². The van der Waals surface area contributed by atoms with E-state index >= 15 is 0 Å². The molecule has 0 saturated heterocycles. The third-order valence-corrected chi connectivity index (χ3v) is 4.79. The van der Waals surface area contributed by atoms with E-state index in [0.717, 1.165) is 35.4 Å². The summed E-state index contributed by atoms with van der Waals surface area (Å²) >= 11 is 0. The first-order chi connectivity index (χ1) is 9.71. The summed E-state index contributed by atoms with van der Waals surface area (Å²) in [5.41, 5.74) is 2.59. The molecule has 1 aliphatic rings. The zero-order valence-electron chi connectivity index (χ0n) is 12.9. The molecular weight excluding hydrogens is 290 g/mol. The molecule has 0 bridgehead atoms. The topological polar surface area (TPSA) is 72.3 Å². The number of carbonyl (C=O) groups is 1. The molecule has 1 aliphatic carbocycles. The summed E-state index contributed by atoms with van der Waals surface area (Å²) in [6, 6.07) is 0. The molecule has 0 atom stereocenters. The molecule has 6 nitrogen and oxygen atoms in total. The molecule has 1 amide bonds. The van der Waals surface area contributed by atoms with E-state index < -0.39 is 15.9 Å². The van der Waals surface area contributed by atoms with Crippen LogP contribution in [0, 0.1) is 13.8 Å². The van der Waals surface area contributed by atoms with E-state index in [1.54, 1.807) is 25.6 Å². The molecule has 21 heavy (non-hydrogen) atoms. The minimum atomic E-state index is -3.69. The Hall–Kier alpha value is -1.63. The summed E-state index contributed by atoms with van der Waals surface area (Å²) in [6.45, 7) is 3.47. The standard InChI is InChI=1S/C14H21N3O3S/c1-10-14(11(2)16(3)15-10)17(21(4,19)20)13(18)9-12-7-5-6-8-12/h7H,5-6,8-9H2,1-4H3. The van der Waals surface area contributed by atoms with Crippen LogP contribution in [0.4, 0.5) is 5.69 Å². The second-order valence-corrected chi connectivity index (χ2v) is 7.33. The molecule has 0 spiro atoms. The zero-order chi connectivity index (χ0) is 15.8. The van der Waals surface area contributed by atoms with Crippen molar-refractivity contribution in [2.75, 3.05) is 10.6 Å². The first-order valence-corrected chi connectivity index (χ1v) is 8.78. The number of allylic oxidation sites excluding steroid dienone is 1.